The predicted octanol–water partition coefficient (Wildman–Crippen LogP) is 4.19. The Morgan fingerprint density at radius 1 is 0.963 bits per heavy atom. The second kappa shape index (κ2) is 6.99. The molecule has 1 saturated heterocycles. The minimum atomic E-state index is -0.908. The van der Waals surface area contributed by atoms with Gasteiger partial charge in [0.1, 0.15) is 11.6 Å². The lowest BCUT2D eigenvalue weighted by Gasteiger charge is -2.30. The number of aliphatic hydroxyl groups excluding tert-OH is 1. The van der Waals surface area contributed by atoms with Crippen molar-refractivity contribution in [2.45, 2.75) is 37.8 Å². The normalized spacial score (nSPS) is 22.6. The molecule has 5 heteroatoms. The Hall–Kier alpha value is -2.95. The minimum absolute atomic E-state index is 0.0387. The monoisotopic (exact) mass is 365 g/mol. The molecule has 1 aliphatic carbocycles. The highest BCUT2D eigenvalue weighted by molar-refractivity contribution is 6.46. The standard InChI is InChI=1S/C22H20FNO3/c23-17-13-7-6-12-16(17)19-18(20(25)14-8-2-1-3-9-14)21(26)22(27)24(19)15-10-4-5-11-15/h1-3,6-9,12-13,15,19,25H,4-5,10-11H2/b20-18-. The van der Waals surface area contributed by atoms with Gasteiger partial charge in [0.15, 0.2) is 0 Å². The van der Waals surface area contributed by atoms with Crippen molar-refractivity contribution in [1.29, 1.82) is 0 Å². The van der Waals surface area contributed by atoms with E-state index < -0.39 is 23.5 Å². The van der Waals surface area contributed by atoms with Crippen LogP contribution in [-0.2, 0) is 9.59 Å². The SMILES string of the molecule is O=C1C(=O)N(C2CCCC2)C(c2ccccc2F)/C1=C(/O)c1ccccc1. The predicted molar refractivity (Wildman–Crippen MR) is 99.2 cm³/mol. The van der Waals surface area contributed by atoms with Gasteiger partial charge in [-0.3, -0.25) is 9.59 Å². The molecule has 1 saturated carbocycles. The molecule has 2 aromatic rings. The first kappa shape index (κ1) is 17.5. The number of hydrogen-bond donors (Lipinski definition) is 1. The number of halogens is 1. The van der Waals surface area contributed by atoms with Crippen molar-refractivity contribution in [3.8, 4) is 0 Å². The molecule has 0 spiro atoms. The maximum Gasteiger partial charge on any atom is 0.295 e. The van der Waals surface area contributed by atoms with Crippen molar-refractivity contribution in [1.82, 2.24) is 4.90 Å². The van der Waals surface area contributed by atoms with Crippen LogP contribution in [0.25, 0.3) is 5.76 Å². The number of likely N-dealkylation sites (tertiary alicyclic amines) is 1. The molecule has 0 aromatic heterocycles. The maximum absolute atomic E-state index is 14.6. The van der Waals surface area contributed by atoms with E-state index in [2.05, 4.69) is 0 Å². The molecule has 1 amide bonds. The Morgan fingerprint density at radius 2 is 1.59 bits per heavy atom. The number of carbonyl (C=O) groups excluding carboxylic acids is 2. The topological polar surface area (TPSA) is 57.6 Å². The molecule has 1 N–H and O–H groups in total. The van der Waals surface area contributed by atoms with Gasteiger partial charge < -0.3 is 10.0 Å². The number of benzene rings is 2. The third kappa shape index (κ3) is 2.93. The molecule has 2 fully saturated rings. The molecule has 27 heavy (non-hydrogen) atoms. The fourth-order valence-electron chi connectivity index (χ4n) is 4.16. The molecular formula is C22H20FNO3. The number of aliphatic hydroxyl groups is 1. The zero-order valence-corrected chi connectivity index (χ0v) is 14.8. The van der Waals surface area contributed by atoms with Crippen molar-refractivity contribution in [2.24, 2.45) is 0 Å². The van der Waals surface area contributed by atoms with Crippen LogP contribution < -0.4 is 0 Å². The second-order valence-electron chi connectivity index (χ2n) is 7.03. The lowest BCUT2D eigenvalue weighted by molar-refractivity contribution is -0.141. The van der Waals surface area contributed by atoms with E-state index in [4.69, 9.17) is 0 Å². The highest BCUT2D eigenvalue weighted by Crippen LogP contribution is 2.43. The molecule has 1 unspecified atom stereocenters. The maximum atomic E-state index is 14.6. The summed E-state index contributed by atoms with van der Waals surface area (Å²) in [5, 5.41) is 10.8. The Labute approximate surface area is 156 Å². The third-order valence-corrected chi connectivity index (χ3v) is 5.45. The van der Waals surface area contributed by atoms with Crippen LogP contribution in [0.3, 0.4) is 0 Å². The van der Waals surface area contributed by atoms with E-state index in [0.29, 0.717) is 5.56 Å². The number of carbonyl (C=O) groups is 2. The first-order valence-corrected chi connectivity index (χ1v) is 9.19. The van der Waals surface area contributed by atoms with Crippen molar-refractivity contribution in [3.05, 3.63) is 77.1 Å². The van der Waals surface area contributed by atoms with Gasteiger partial charge in [0.05, 0.1) is 11.6 Å². The summed E-state index contributed by atoms with van der Waals surface area (Å²) in [6, 6.07) is 13.7. The van der Waals surface area contributed by atoms with Crippen LogP contribution in [0.1, 0.15) is 42.9 Å². The summed E-state index contributed by atoms with van der Waals surface area (Å²) in [5.74, 6) is -2.17. The average Bonchev–Trinajstić information content (AvgIpc) is 3.30. The third-order valence-electron chi connectivity index (χ3n) is 5.45. The van der Waals surface area contributed by atoms with Gasteiger partial charge in [-0.1, -0.05) is 61.4 Å². The van der Waals surface area contributed by atoms with Gasteiger partial charge in [-0.2, -0.15) is 0 Å². The van der Waals surface area contributed by atoms with Crippen LogP contribution in [-0.4, -0.2) is 27.7 Å². The molecule has 1 atom stereocenters. The van der Waals surface area contributed by atoms with E-state index >= 15 is 0 Å². The quantitative estimate of drug-likeness (QED) is 0.504. The molecule has 1 aliphatic heterocycles. The molecule has 4 rings (SSSR count). The van der Waals surface area contributed by atoms with Gasteiger partial charge in [0, 0.05) is 17.2 Å². The Morgan fingerprint density at radius 3 is 2.26 bits per heavy atom. The number of ketones is 1. The molecule has 4 nitrogen and oxygen atoms in total. The van der Waals surface area contributed by atoms with E-state index in [-0.39, 0.29) is 22.9 Å². The van der Waals surface area contributed by atoms with E-state index in [1.54, 1.807) is 48.5 Å². The molecule has 0 radical (unpaired) electrons. The summed E-state index contributed by atoms with van der Waals surface area (Å²) in [6.07, 6.45) is 3.50. The van der Waals surface area contributed by atoms with E-state index in [9.17, 15) is 19.1 Å². The zero-order chi connectivity index (χ0) is 19.0. The van der Waals surface area contributed by atoms with Crippen molar-refractivity contribution >= 4 is 17.4 Å². The number of nitrogens with zero attached hydrogens (tertiary/aromatic N) is 1. The fraction of sp³-hybridized carbons (Fsp3) is 0.273. The van der Waals surface area contributed by atoms with Crippen molar-refractivity contribution in [2.75, 3.05) is 0 Å². The van der Waals surface area contributed by atoms with Crippen LogP contribution in [0.15, 0.2) is 60.2 Å². The van der Waals surface area contributed by atoms with Gasteiger partial charge in [0.25, 0.3) is 11.7 Å². The highest BCUT2D eigenvalue weighted by atomic mass is 19.1. The number of amides is 1. The number of rotatable bonds is 3. The smallest absolute Gasteiger partial charge is 0.295 e. The van der Waals surface area contributed by atoms with Crippen LogP contribution in [0.2, 0.25) is 0 Å². The van der Waals surface area contributed by atoms with Crippen LogP contribution in [0, 0.1) is 5.82 Å². The first-order valence-electron chi connectivity index (χ1n) is 9.19. The van der Waals surface area contributed by atoms with Crippen molar-refractivity contribution < 1.29 is 19.1 Å². The summed E-state index contributed by atoms with van der Waals surface area (Å²) < 4.78 is 14.6. The molecule has 138 valence electrons. The van der Waals surface area contributed by atoms with E-state index in [1.165, 1.54) is 11.0 Å². The Balaban J connectivity index is 1.92. The Bertz CT molecular complexity index is 916. The summed E-state index contributed by atoms with van der Waals surface area (Å²) in [4.78, 5) is 27.2. The van der Waals surface area contributed by atoms with Crippen LogP contribution in [0.4, 0.5) is 4.39 Å². The largest absolute Gasteiger partial charge is 0.507 e. The summed E-state index contributed by atoms with van der Waals surface area (Å²) in [7, 11) is 0. The lowest BCUT2D eigenvalue weighted by Crippen LogP contribution is -2.38. The number of hydrogen-bond acceptors (Lipinski definition) is 3. The lowest BCUT2D eigenvalue weighted by atomic mass is 9.94. The molecule has 2 aromatic carbocycles. The first-order chi connectivity index (χ1) is 13.1. The molecule has 2 aliphatic rings. The van der Waals surface area contributed by atoms with Gasteiger partial charge >= 0.3 is 0 Å². The van der Waals surface area contributed by atoms with Crippen LogP contribution in [0.5, 0.6) is 0 Å². The van der Waals surface area contributed by atoms with Gasteiger partial charge in [-0.15, -0.1) is 0 Å². The second-order valence-corrected chi connectivity index (χ2v) is 7.03. The fourth-order valence-corrected chi connectivity index (χ4v) is 4.16. The average molecular weight is 365 g/mol. The minimum Gasteiger partial charge on any atom is -0.507 e. The van der Waals surface area contributed by atoms with Gasteiger partial charge in [-0.25, -0.2) is 4.39 Å². The Kier molecular flexibility index (Phi) is 4.52. The summed E-state index contributed by atoms with van der Waals surface area (Å²) in [6.45, 7) is 0. The number of Topliss-reactive ketones (excluding diaryl/α,β-unsaturated/α-hetero) is 1. The molecule has 0 bridgehead atoms. The van der Waals surface area contributed by atoms with Gasteiger partial charge in [0.2, 0.25) is 0 Å². The van der Waals surface area contributed by atoms with E-state index in [1.807, 2.05) is 0 Å². The highest BCUT2D eigenvalue weighted by Gasteiger charge is 2.49. The van der Waals surface area contributed by atoms with Crippen LogP contribution >= 0.6 is 0 Å². The van der Waals surface area contributed by atoms with Crippen molar-refractivity contribution in [3.63, 3.8) is 0 Å². The summed E-state index contributed by atoms with van der Waals surface area (Å²) >= 11 is 0. The van der Waals surface area contributed by atoms with Gasteiger partial charge in [-0.05, 0) is 18.9 Å². The van der Waals surface area contributed by atoms with E-state index in [0.717, 1.165) is 25.7 Å². The molecular weight excluding hydrogens is 345 g/mol. The molecule has 1 heterocycles. The zero-order valence-electron chi connectivity index (χ0n) is 14.8. The summed E-state index contributed by atoms with van der Waals surface area (Å²) in [5.41, 5.74) is 0.632.